The van der Waals surface area contributed by atoms with Crippen LogP contribution in [0.3, 0.4) is 0 Å². The van der Waals surface area contributed by atoms with Crippen LogP contribution in [0.15, 0.2) is 18.2 Å². The van der Waals surface area contributed by atoms with E-state index >= 15 is 0 Å². The SMILES string of the molecule is CN(C)CCc1c(C(F)(F)F)[nH]c2cccc(CCC(=O)O)c12. The molecule has 0 aliphatic heterocycles. The van der Waals surface area contributed by atoms with Gasteiger partial charge in [0.1, 0.15) is 5.69 Å². The summed E-state index contributed by atoms with van der Waals surface area (Å²) in [4.78, 5) is 15.1. The van der Waals surface area contributed by atoms with Crippen LogP contribution in [0.25, 0.3) is 10.9 Å². The Morgan fingerprint density at radius 1 is 1.26 bits per heavy atom. The highest BCUT2D eigenvalue weighted by atomic mass is 19.4. The average Bonchev–Trinajstić information content (AvgIpc) is 2.82. The van der Waals surface area contributed by atoms with Gasteiger partial charge in [0, 0.05) is 23.9 Å². The summed E-state index contributed by atoms with van der Waals surface area (Å²) in [5, 5.41) is 9.34. The van der Waals surface area contributed by atoms with E-state index in [2.05, 4.69) is 4.98 Å². The third kappa shape index (κ3) is 4.04. The molecule has 0 amide bonds. The number of aliphatic carboxylic acids is 1. The molecule has 2 N–H and O–H groups in total. The Morgan fingerprint density at radius 3 is 2.52 bits per heavy atom. The average molecular weight is 328 g/mol. The molecule has 0 saturated carbocycles. The normalized spacial score (nSPS) is 12.3. The Bertz CT molecular complexity index is 705. The van der Waals surface area contributed by atoms with E-state index in [1.165, 1.54) is 0 Å². The largest absolute Gasteiger partial charge is 0.481 e. The van der Waals surface area contributed by atoms with E-state index in [-0.39, 0.29) is 24.8 Å². The quantitative estimate of drug-likeness (QED) is 0.855. The number of aromatic amines is 1. The van der Waals surface area contributed by atoms with Crippen LogP contribution in [0.2, 0.25) is 0 Å². The number of hydrogen-bond donors (Lipinski definition) is 2. The Labute approximate surface area is 131 Å². The first kappa shape index (κ1) is 17.3. The molecule has 7 heteroatoms. The molecule has 0 spiro atoms. The lowest BCUT2D eigenvalue weighted by Crippen LogP contribution is -2.17. The molecule has 0 saturated heterocycles. The molecule has 2 aromatic rings. The standard InChI is InChI=1S/C16H19F3N2O2/c1-21(2)9-8-11-14-10(6-7-13(22)23)4-3-5-12(14)20-15(11)16(17,18)19/h3-5,20H,6-9H2,1-2H3,(H,22,23). The number of carbonyl (C=O) groups is 1. The lowest BCUT2D eigenvalue weighted by atomic mass is 9.99. The van der Waals surface area contributed by atoms with Crippen LogP contribution >= 0.6 is 0 Å². The predicted octanol–water partition coefficient (Wildman–Crippen LogP) is 3.31. The summed E-state index contributed by atoms with van der Waals surface area (Å²) < 4.78 is 40.0. The van der Waals surface area contributed by atoms with Crippen molar-refractivity contribution < 1.29 is 23.1 Å². The summed E-state index contributed by atoms with van der Waals surface area (Å²) in [6.07, 6.45) is -4.13. The highest BCUT2D eigenvalue weighted by Crippen LogP contribution is 2.37. The second-order valence-corrected chi connectivity index (χ2v) is 5.76. The van der Waals surface area contributed by atoms with Gasteiger partial charge in [0.2, 0.25) is 0 Å². The number of nitrogens with one attached hydrogen (secondary N) is 1. The Morgan fingerprint density at radius 2 is 1.96 bits per heavy atom. The summed E-state index contributed by atoms with van der Waals surface area (Å²) in [7, 11) is 3.60. The van der Waals surface area contributed by atoms with Crippen molar-refractivity contribution >= 4 is 16.9 Å². The zero-order chi connectivity index (χ0) is 17.2. The molecule has 23 heavy (non-hydrogen) atoms. The number of fused-ring (bicyclic) bond motifs is 1. The van der Waals surface area contributed by atoms with Crippen LogP contribution < -0.4 is 0 Å². The molecule has 0 aliphatic rings. The van der Waals surface area contributed by atoms with Crippen LogP contribution in [0, 0.1) is 0 Å². The highest BCUT2D eigenvalue weighted by Gasteiger charge is 2.36. The van der Waals surface area contributed by atoms with Crippen molar-refractivity contribution in [3.05, 3.63) is 35.0 Å². The molecule has 0 radical (unpaired) electrons. The molecule has 0 aliphatic carbocycles. The van der Waals surface area contributed by atoms with E-state index in [9.17, 15) is 18.0 Å². The van der Waals surface area contributed by atoms with E-state index in [0.29, 0.717) is 23.0 Å². The number of nitrogens with zero attached hydrogens (tertiary/aromatic N) is 1. The molecule has 1 aromatic carbocycles. The van der Waals surface area contributed by atoms with Crippen LogP contribution in [-0.4, -0.2) is 41.6 Å². The first-order valence-electron chi connectivity index (χ1n) is 7.26. The van der Waals surface area contributed by atoms with E-state index in [4.69, 9.17) is 5.11 Å². The van der Waals surface area contributed by atoms with E-state index in [0.717, 1.165) is 0 Å². The second kappa shape index (κ2) is 6.62. The summed E-state index contributed by atoms with van der Waals surface area (Å²) >= 11 is 0. The number of alkyl halides is 3. The van der Waals surface area contributed by atoms with Crippen LogP contribution in [0.4, 0.5) is 13.2 Å². The monoisotopic (exact) mass is 328 g/mol. The van der Waals surface area contributed by atoms with Crippen molar-refractivity contribution in [3.63, 3.8) is 0 Å². The van der Waals surface area contributed by atoms with Gasteiger partial charge in [-0.05, 0) is 44.1 Å². The number of carboxylic acid groups (broad SMARTS) is 1. The third-order valence-corrected chi connectivity index (χ3v) is 3.71. The molecule has 1 heterocycles. The summed E-state index contributed by atoms with van der Waals surface area (Å²) in [5.41, 5.74) is 0.499. The number of aromatic nitrogens is 1. The van der Waals surface area contributed by atoms with Crippen molar-refractivity contribution in [2.24, 2.45) is 0 Å². The van der Waals surface area contributed by atoms with Crippen LogP contribution in [-0.2, 0) is 23.8 Å². The van der Waals surface area contributed by atoms with Gasteiger partial charge < -0.3 is 15.0 Å². The molecular formula is C16H19F3N2O2. The van der Waals surface area contributed by atoms with Crippen molar-refractivity contribution in [2.45, 2.75) is 25.4 Å². The van der Waals surface area contributed by atoms with Gasteiger partial charge in [-0.2, -0.15) is 13.2 Å². The summed E-state index contributed by atoms with van der Waals surface area (Å²) in [6.45, 7) is 0.475. The van der Waals surface area contributed by atoms with Gasteiger partial charge in [-0.25, -0.2) is 0 Å². The van der Waals surface area contributed by atoms with Crippen LogP contribution in [0.5, 0.6) is 0 Å². The Balaban J connectivity index is 2.56. The van der Waals surface area contributed by atoms with Gasteiger partial charge in [-0.1, -0.05) is 12.1 Å². The summed E-state index contributed by atoms with van der Waals surface area (Å²) in [6, 6.07) is 4.93. The predicted molar refractivity (Wildman–Crippen MR) is 81.5 cm³/mol. The zero-order valence-electron chi connectivity index (χ0n) is 13.0. The molecule has 0 unspecified atom stereocenters. The fraction of sp³-hybridized carbons (Fsp3) is 0.438. The number of aryl methyl sites for hydroxylation is 1. The van der Waals surface area contributed by atoms with E-state index < -0.39 is 17.8 Å². The smallest absolute Gasteiger partial charge is 0.431 e. The van der Waals surface area contributed by atoms with Gasteiger partial charge in [0.25, 0.3) is 0 Å². The number of benzene rings is 1. The topological polar surface area (TPSA) is 56.3 Å². The number of H-pyrrole nitrogens is 1. The number of likely N-dealkylation sites (N-methyl/N-ethyl adjacent to an activating group) is 1. The number of carboxylic acids is 1. The minimum absolute atomic E-state index is 0.112. The minimum Gasteiger partial charge on any atom is -0.481 e. The third-order valence-electron chi connectivity index (χ3n) is 3.71. The number of halogens is 3. The molecule has 1 aromatic heterocycles. The Hall–Kier alpha value is -2.02. The van der Waals surface area contributed by atoms with Gasteiger partial charge >= 0.3 is 12.1 Å². The van der Waals surface area contributed by atoms with E-state index in [1.54, 1.807) is 32.3 Å². The molecule has 0 bridgehead atoms. The number of hydrogen-bond acceptors (Lipinski definition) is 2. The first-order chi connectivity index (χ1) is 10.7. The fourth-order valence-electron chi connectivity index (χ4n) is 2.67. The van der Waals surface area contributed by atoms with E-state index in [1.807, 2.05) is 4.90 Å². The van der Waals surface area contributed by atoms with Gasteiger partial charge in [-0.15, -0.1) is 0 Å². The molecule has 126 valence electrons. The van der Waals surface area contributed by atoms with Gasteiger partial charge in [0.05, 0.1) is 0 Å². The molecule has 2 rings (SSSR count). The lowest BCUT2D eigenvalue weighted by Gasteiger charge is -2.13. The molecule has 0 fully saturated rings. The zero-order valence-corrected chi connectivity index (χ0v) is 13.0. The minimum atomic E-state index is -4.47. The van der Waals surface area contributed by atoms with Crippen molar-refractivity contribution in [1.29, 1.82) is 0 Å². The van der Waals surface area contributed by atoms with Gasteiger partial charge in [0.15, 0.2) is 0 Å². The molecular weight excluding hydrogens is 309 g/mol. The first-order valence-corrected chi connectivity index (χ1v) is 7.26. The maximum absolute atomic E-state index is 13.3. The lowest BCUT2D eigenvalue weighted by molar-refractivity contribution is -0.141. The molecule has 0 atom stereocenters. The van der Waals surface area contributed by atoms with Crippen molar-refractivity contribution in [2.75, 3.05) is 20.6 Å². The van der Waals surface area contributed by atoms with Crippen LogP contribution in [0.1, 0.15) is 23.2 Å². The Kier molecular flexibility index (Phi) is 4.99. The molecule has 4 nitrogen and oxygen atoms in total. The summed E-state index contributed by atoms with van der Waals surface area (Å²) in [5.74, 6) is -0.969. The van der Waals surface area contributed by atoms with Crippen molar-refractivity contribution in [3.8, 4) is 0 Å². The fourth-order valence-corrected chi connectivity index (χ4v) is 2.67. The maximum Gasteiger partial charge on any atom is 0.431 e. The van der Waals surface area contributed by atoms with Gasteiger partial charge in [-0.3, -0.25) is 4.79 Å². The maximum atomic E-state index is 13.3. The van der Waals surface area contributed by atoms with Crippen molar-refractivity contribution in [1.82, 2.24) is 9.88 Å². The highest BCUT2D eigenvalue weighted by molar-refractivity contribution is 5.88. The number of rotatable bonds is 6. The second-order valence-electron chi connectivity index (χ2n) is 5.76.